The number of thiophene rings is 1. The molecule has 25 heavy (non-hydrogen) atoms. The van der Waals surface area contributed by atoms with Crippen molar-refractivity contribution in [3.05, 3.63) is 37.5 Å². The highest BCUT2D eigenvalue weighted by Crippen LogP contribution is 2.38. The summed E-state index contributed by atoms with van der Waals surface area (Å²) in [4.78, 5) is 15.4. The van der Waals surface area contributed by atoms with Gasteiger partial charge < -0.3 is 9.64 Å². The van der Waals surface area contributed by atoms with E-state index in [1.54, 1.807) is 25.0 Å². The molecule has 0 aromatic carbocycles. The molecule has 0 radical (unpaired) electrons. The number of carbonyl (C=O) groups is 1. The lowest BCUT2D eigenvalue weighted by Crippen LogP contribution is -2.37. The molecular weight excluding hydrogens is 388 g/mol. The molecule has 1 atom stereocenters. The molecule has 1 aliphatic carbocycles. The summed E-state index contributed by atoms with van der Waals surface area (Å²) in [6, 6.07) is 1.74. The Hall–Kier alpha value is -1.15. The molecule has 0 N–H and O–H groups in total. The summed E-state index contributed by atoms with van der Waals surface area (Å²) >= 11 is 13.6. The van der Waals surface area contributed by atoms with Gasteiger partial charge in [0.1, 0.15) is 11.7 Å². The van der Waals surface area contributed by atoms with Crippen LogP contribution in [0.4, 0.5) is 4.39 Å². The Bertz CT molecular complexity index is 804. The number of methoxy groups -OCH3 is 1. The van der Waals surface area contributed by atoms with Crippen molar-refractivity contribution in [3.63, 3.8) is 0 Å². The van der Waals surface area contributed by atoms with Gasteiger partial charge in [-0.1, -0.05) is 23.2 Å². The minimum atomic E-state index is -0.626. The van der Waals surface area contributed by atoms with E-state index in [9.17, 15) is 9.18 Å². The van der Waals surface area contributed by atoms with Crippen molar-refractivity contribution < 1.29 is 13.9 Å². The van der Waals surface area contributed by atoms with Crippen LogP contribution in [-0.2, 0) is 11.8 Å². The average molecular weight is 406 g/mol. The maximum Gasteiger partial charge on any atom is 0.260 e. The van der Waals surface area contributed by atoms with E-state index in [1.807, 2.05) is 0 Å². The van der Waals surface area contributed by atoms with Crippen molar-refractivity contribution in [2.24, 2.45) is 7.05 Å². The highest BCUT2D eigenvalue weighted by Gasteiger charge is 2.38. The van der Waals surface area contributed by atoms with E-state index in [1.165, 1.54) is 18.4 Å². The lowest BCUT2D eigenvalue weighted by molar-refractivity contribution is 0.0464. The zero-order valence-corrected chi connectivity index (χ0v) is 16.4. The molecule has 0 bridgehead atoms. The van der Waals surface area contributed by atoms with Gasteiger partial charge >= 0.3 is 0 Å². The number of carbonyl (C=O) groups excluding carboxylic acids is 1. The van der Waals surface area contributed by atoms with E-state index in [0.717, 1.165) is 22.4 Å². The third-order valence-corrected chi connectivity index (χ3v) is 6.02. The topological polar surface area (TPSA) is 47.4 Å². The molecule has 1 aliphatic rings. The molecule has 1 saturated carbocycles. The third-order valence-electron chi connectivity index (χ3n) is 4.24. The van der Waals surface area contributed by atoms with Crippen molar-refractivity contribution >= 4 is 40.4 Å². The minimum absolute atomic E-state index is 0.0135. The summed E-state index contributed by atoms with van der Waals surface area (Å²) < 4.78 is 21.5. The summed E-state index contributed by atoms with van der Waals surface area (Å²) in [6.45, 7) is 1.91. The van der Waals surface area contributed by atoms with Gasteiger partial charge in [-0.2, -0.15) is 9.49 Å². The van der Waals surface area contributed by atoms with Crippen LogP contribution in [0.25, 0.3) is 0 Å². The van der Waals surface area contributed by atoms with E-state index in [2.05, 4.69) is 5.10 Å². The molecule has 2 aromatic rings. The number of aryl methyl sites for hydroxylation is 2. The monoisotopic (exact) mass is 405 g/mol. The molecule has 2 heterocycles. The SMILES string of the molecule is COC(CN(C(=O)c1c(C)nn(C)c1F)C1CC1)c1sc(Cl)cc1Cl. The number of hydrogen-bond acceptors (Lipinski definition) is 4. The Morgan fingerprint density at radius 1 is 1.56 bits per heavy atom. The molecule has 9 heteroatoms. The van der Waals surface area contributed by atoms with Crippen LogP contribution in [0.15, 0.2) is 6.07 Å². The summed E-state index contributed by atoms with van der Waals surface area (Å²) in [6.07, 6.45) is 1.36. The lowest BCUT2D eigenvalue weighted by Gasteiger charge is -2.26. The van der Waals surface area contributed by atoms with Gasteiger partial charge in [0.15, 0.2) is 0 Å². The van der Waals surface area contributed by atoms with E-state index >= 15 is 0 Å². The Kier molecular flexibility index (Phi) is 5.39. The van der Waals surface area contributed by atoms with Gasteiger partial charge in [-0.15, -0.1) is 11.3 Å². The first-order valence-electron chi connectivity index (χ1n) is 7.81. The van der Waals surface area contributed by atoms with Gasteiger partial charge in [0.25, 0.3) is 5.91 Å². The van der Waals surface area contributed by atoms with Crippen LogP contribution in [0.2, 0.25) is 9.36 Å². The molecule has 1 unspecified atom stereocenters. The normalized spacial score (nSPS) is 15.4. The summed E-state index contributed by atoms with van der Waals surface area (Å²) in [5.74, 6) is -0.995. The summed E-state index contributed by atoms with van der Waals surface area (Å²) in [7, 11) is 3.03. The molecule has 3 rings (SSSR count). The number of ether oxygens (including phenoxy) is 1. The molecule has 0 saturated heterocycles. The first-order chi connectivity index (χ1) is 11.8. The maximum absolute atomic E-state index is 14.3. The number of halogens is 3. The molecule has 2 aromatic heterocycles. The van der Waals surface area contributed by atoms with E-state index in [0.29, 0.717) is 15.1 Å². The van der Waals surface area contributed by atoms with Crippen LogP contribution in [0, 0.1) is 12.9 Å². The van der Waals surface area contributed by atoms with Gasteiger partial charge in [0.2, 0.25) is 5.95 Å². The Labute approximate surface area is 159 Å². The second-order valence-corrected chi connectivity index (χ2v) is 8.17. The number of hydrogen-bond donors (Lipinski definition) is 0. The summed E-state index contributed by atoms with van der Waals surface area (Å²) in [5.41, 5.74) is 0.390. The van der Waals surface area contributed by atoms with Gasteiger partial charge in [-0.25, -0.2) is 4.68 Å². The fourth-order valence-corrected chi connectivity index (χ4v) is 4.49. The van der Waals surface area contributed by atoms with Crippen molar-refractivity contribution in [1.82, 2.24) is 14.7 Å². The first-order valence-corrected chi connectivity index (χ1v) is 9.38. The van der Waals surface area contributed by atoms with E-state index in [-0.39, 0.29) is 24.1 Å². The van der Waals surface area contributed by atoms with Gasteiger partial charge in [0, 0.05) is 20.2 Å². The predicted octanol–water partition coefficient (Wildman–Crippen LogP) is 4.23. The highest BCUT2D eigenvalue weighted by molar-refractivity contribution is 7.16. The molecule has 136 valence electrons. The second-order valence-electron chi connectivity index (χ2n) is 6.05. The Morgan fingerprint density at radius 2 is 2.24 bits per heavy atom. The quantitative estimate of drug-likeness (QED) is 0.722. The molecule has 5 nitrogen and oxygen atoms in total. The summed E-state index contributed by atoms with van der Waals surface area (Å²) in [5, 5.41) is 4.50. The molecule has 1 amide bonds. The number of amides is 1. The molecule has 1 fully saturated rings. The fraction of sp³-hybridized carbons (Fsp3) is 0.500. The lowest BCUT2D eigenvalue weighted by atomic mass is 10.2. The van der Waals surface area contributed by atoms with Crippen molar-refractivity contribution in [2.75, 3.05) is 13.7 Å². The molecular formula is C16H18Cl2FN3O2S. The van der Waals surface area contributed by atoms with Crippen LogP contribution in [0.3, 0.4) is 0 Å². The predicted molar refractivity (Wildman–Crippen MR) is 96.1 cm³/mol. The van der Waals surface area contributed by atoms with E-state index in [4.69, 9.17) is 27.9 Å². The Balaban J connectivity index is 1.88. The zero-order valence-electron chi connectivity index (χ0n) is 14.1. The zero-order chi connectivity index (χ0) is 18.3. The van der Waals surface area contributed by atoms with E-state index < -0.39 is 12.1 Å². The smallest absolute Gasteiger partial charge is 0.260 e. The number of nitrogens with zero attached hydrogens (tertiary/aromatic N) is 3. The van der Waals surface area contributed by atoms with Crippen molar-refractivity contribution in [2.45, 2.75) is 31.9 Å². The fourth-order valence-electron chi connectivity index (χ4n) is 2.82. The first kappa shape index (κ1) is 18.6. The third kappa shape index (κ3) is 3.69. The molecule has 0 aliphatic heterocycles. The Morgan fingerprint density at radius 3 is 2.68 bits per heavy atom. The van der Waals surface area contributed by atoms with Crippen LogP contribution in [-0.4, -0.2) is 40.3 Å². The largest absolute Gasteiger partial charge is 0.374 e. The van der Waals surface area contributed by atoms with Crippen molar-refractivity contribution in [1.29, 1.82) is 0 Å². The van der Waals surface area contributed by atoms with Crippen LogP contribution >= 0.6 is 34.5 Å². The van der Waals surface area contributed by atoms with Gasteiger partial charge in [-0.05, 0) is 25.8 Å². The average Bonchev–Trinajstić information content (AvgIpc) is 3.28. The highest BCUT2D eigenvalue weighted by atomic mass is 35.5. The van der Waals surface area contributed by atoms with Crippen LogP contribution in [0.1, 0.15) is 39.9 Å². The maximum atomic E-state index is 14.3. The van der Waals surface area contributed by atoms with Crippen molar-refractivity contribution in [3.8, 4) is 0 Å². The van der Waals surface area contributed by atoms with Crippen LogP contribution < -0.4 is 0 Å². The standard InChI is InChI=1S/C16H18Cl2FN3O2S/c1-8-13(15(19)21(2)20-8)16(23)22(9-4-5-9)7-11(24-3)14-10(17)6-12(18)25-14/h6,9,11H,4-5,7H2,1-3H3. The van der Waals surface area contributed by atoms with Crippen LogP contribution in [0.5, 0.6) is 0 Å². The number of aromatic nitrogens is 2. The second kappa shape index (κ2) is 7.23. The number of rotatable bonds is 6. The molecule has 0 spiro atoms. The minimum Gasteiger partial charge on any atom is -0.374 e. The van der Waals surface area contributed by atoms with Gasteiger partial charge in [-0.3, -0.25) is 4.79 Å². The van der Waals surface area contributed by atoms with Gasteiger partial charge in [0.05, 0.1) is 26.5 Å².